The van der Waals surface area contributed by atoms with Crippen molar-refractivity contribution >= 4 is 12.5 Å². The van der Waals surface area contributed by atoms with Gasteiger partial charge in [0.05, 0.1) is 6.04 Å². The third-order valence-electron chi connectivity index (χ3n) is 3.40. The minimum absolute atomic E-state index is 0. The summed E-state index contributed by atoms with van der Waals surface area (Å²) < 4.78 is 0. The van der Waals surface area contributed by atoms with Gasteiger partial charge in [-0.05, 0) is 18.4 Å². The number of fused-ring (bicyclic) bond motifs is 2. The zero-order chi connectivity index (χ0) is 14.4. The van der Waals surface area contributed by atoms with Gasteiger partial charge >= 0.3 is 35.6 Å². The van der Waals surface area contributed by atoms with Crippen LogP contribution in [0.4, 0.5) is 4.79 Å². The molecule has 108 valence electrons. The second kappa shape index (κ2) is 9.04. The van der Waals surface area contributed by atoms with Crippen LogP contribution in [0, 0.1) is 0 Å². The Morgan fingerprint density at radius 1 is 1.33 bits per heavy atom. The molecule has 2 aliphatic rings. The third-order valence-corrected chi connectivity index (χ3v) is 3.40. The number of hydroxylamine groups is 2. The smallest absolute Gasteiger partial charge is 0.554 e. The molecule has 7 heteroatoms. The average Bonchev–Trinajstić information content (AvgIpc) is 2.69. The Balaban J connectivity index is 0.000000510. The van der Waals surface area contributed by atoms with E-state index in [4.69, 9.17) is 14.7 Å². The molecule has 0 spiro atoms. The monoisotopic (exact) mass is 300 g/mol. The van der Waals surface area contributed by atoms with Crippen molar-refractivity contribution in [2.45, 2.75) is 25.5 Å². The number of urea groups is 1. The predicted octanol–water partition coefficient (Wildman–Crippen LogP) is -2.61. The number of carbonyl (C=O) groups is 2. The van der Waals surface area contributed by atoms with Crippen molar-refractivity contribution in [3.63, 3.8) is 0 Å². The van der Waals surface area contributed by atoms with E-state index in [1.807, 2.05) is 35.2 Å². The number of nitrogens with zero attached hydrogens (tertiary/aromatic N) is 2. The van der Waals surface area contributed by atoms with Crippen molar-refractivity contribution in [3.8, 4) is 0 Å². The summed E-state index contributed by atoms with van der Waals surface area (Å²) in [6.07, 6.45) is 2.14. The molecule has 1 aromatic carbocycles. The topological polar surface area (TPSA) is 72.9 Å². The first-order valence-corrected chi connectivity index (χ1v) is 6.57. The van der Waals surface area contributed by atoms with Crippen molar-refractivity contribution in [1.29, 1.82) is 0 Å². The van der Waals surface area contributed by atoms with Crippen molar-refractivity contribution in [2.24, 2.45) is 0 Å². The fourth-order valence-electron chi connectivity index (χ4n) is 2.49. The van der Waals surface area contributed by atoms with Gasteiger partial charge in [0, 0.05) is 19.6 Å². The van der Waals surface area contributed by atoms with Gasteiger partial charge in [-0.1, -0.05) is 30.3 Å². The fraction of sp³-hybridized carbons (Fsp3) is 0.429. The molecule has 0 aromatic heterocycles. The summed E-state index contributed by atoms with van der Waals surface area (Å²) in [5, 5.41) is 9.82. The summed E-state index contributed by atoms with van der Waals surface area (Å²) in [5.74, 6) is 0. The van der Waals surface area contributed by atoms with Crippen molar-refractivity contribution < 1.29 is 49.1 Å². The van der Waals surface area contributed by atoms with Gasteiger partial charge < -0.3 is 14.8 Å². The Morgan fingerprint density at radius 3 is 2.62 bits per heavy atom. The van der Waals surface area contributed by atoms with Crippen LogP contribution >= 0.6 is 0 Å². The molecule has 2 bridgehead atoms. The number of benzene rings is 1. The zero-order valence-electron chi connectivity index (χ0n) is 12.1. The molecule has 2 heterocycles. The van der Waals surface area contributed by atoms with Crippen molar-refractivity contribution in [3.05, 3.63) is 35.9 Å². The van der Waals surface area contributed by atoms with Crippen LogP contribution in [0.3, 0.4) is 0 Å². The van der Waals surface area contributed by atoms with Crippen molar-refractivity contribution in [1.82, 2.24) is 9.96 Å². The zero-order valence-corrected chi connectivity index (χ0v) is 14.1. The molecule has 1 aromatic rings. The van der Waals surface area contributed by atoms with Gasteiger partial charge in [0.25, 0.3) is 0 Å². The molecular formula is C14H17N2NaO4. The van der Waals surface area contributed by atoms with Crippen LogP contribution in [0.1, 0.15) is 18.4 Å². The number of rotatable bonds is 3. The first-order valence-electron chi connectivity index (χ1n) is 6.57. The summed E-state index contributed by atoms with van der Waals surface area (Å²) in [5.41, 5.74) is 1.09. The first kappa shape index (κ1) is 18.0. The number of amides is 2. The SMILES string of the molecule is O=C1N2CCC[C@H](C2)N1OCc1ccccc1.O=C[O-].[Na+]. The van der Waals surface area contributed by atoms with Gasteiger partial charge in [0.1, 0.15) is 6.61 Å². The maximum atomic E-state index is 11.9. The summed E-state index contributed by atoms with van der Waals surface area (Å²) in [6.45, 7) is 1.67. The Hall–Kier alpha value is -1.08. The van der Waals surface area contributed by atoms with E-state index in [1.54, 1.807) is 5.06 Å². The van der Waals surface area contributed by atoms with Gasteiger partial charge in [0.2, 0.25) is 0 Å². The number of piperidine rings is 1. The first-order chi connectivity index (χ1) is 9.76. The predicted molar refractivity (Wildman–Crippen MR) is 69.1 cm³/mol. The Labute approximate surface area is 145 Å². The van der Waals surface area contributed by atoms with E-state index in [0.717, 1.165) is 31.5 Å². The molecule has 0 aliphatic carbocycles. The molecule has 0 saturated carbocycles. The molecule has 2 aliphatic heterocycles. The van der Waals surface area contributed by atoms with Crippen LogP contribution in [0.15, 0.2) is 30.3 Å². The van der Waals surface area contributed by atoms with E-state index in [0.29, 0.717) is 6.61 Å². The molecule has 0 radical (unpaired) electrons. The average molecular weight is 300 g/mol. The second-order valence-corrected chi connectivity index (χ2v) is 4.71. The Morgan fingerprint density at radius 2 is 2.00 bits per heavy atom. The molecule has 1 atom stereocenters. The minimum Gasteiger partial charge on any atom is -0.554 e. The largest absolute Gasteiger partial charge is 1.00 e. The molecular weight excluding hydrogens is 283 g/mol. The van der Waals surface area contributed by atoms with Crippen LogP contribution in [-0.2, 0) is 16.2 Å². The number of carbonyl (C=O) groups excluding carboxylic acids is 2. The molecule has 2 fully saturated rings. The summed E-state index contributed by atoms with van der Waals surface area (Å²) >= 11 is 0. The summed E-state index contributed by atoms with van der Waals surface area (Å²) in [4.78, 5) is 27.7. The quantitative estimate of drug-likeness (QED) is 0.453. The molecule has 2 amide bonds. The number of carboxylic acid groups (broad SMARTS) is 1. The van der Waals surface area contributed by atoms with Crippen LogP contribution in [-0.4, -0.2) is 41.6 Å². The molecule has 0 unspecified atom stereocenters. The van der Waals surface area contributed by atoms with E-state index >= 15 is 0 Å². The number of hydrogen-bond donors (Lipinski definition) is 0. The minimum atomic E-state index is -0.500. The van der Waals surface area contributed by atoms with Crippen LogP contribution in [0.25, 0.3) is 0 Å². The standard InChI is InChI=1S/C13H16N2O2.CH2O2.Na/c16-13-14-8-4-7-12(9-14)15(13)17-10-11-5-2-1-3-6-11;2-1-3;/h1-3,5-6,12H,4,7-10H2;1H,(H,2,3);/q;;+1/p-1/t12-;;/m1../s1. The molecule has 2 saturated heterocycles. The number of hydrogen-bond acceptors (Lipinski definition) is 4. The van der Waals surface area contributed by atoms with Gasteiger partial charge in [-0.3, -0.25) is 4.84 Å². The maximum absolute atomic E-state index is 11.9. The van der Waals surface area contributed by atoms with Gasteiger partial charge in [-0.25, -0.2) is 4.79 Å². The van der Waals surface area contributed by atoms with Crippen LogP contribution in [0.5, 0.6) is 0 Å². The molecule has 3 rings (SSSR count). The normalized spacial score (nSPS) is 19.4. The maximum Gasteiger partial charge on any atom is 1.00 e. The van der Waals surface area contributed by atoms with Gasteiger partial charge in [-0.2, -0.15) is 5.06 Å². The van der Waals surface area contributed by atoms with E-state index in [9.17, 15) is 4.79 Å². The molecule has 0 N–H and O–H groups in total. The van der Waals surface area contributed by atoms with Crippen LogP contribution < -0.4 is 34.7 Å². The fourth-order valence-corrected chi connectivity index (χ4v) is 2.49. The second-order valence-electron chi connectivity index (χ2n) is 4.71. The molecule has 21 heavy (non-hydrogen) atoms. The Kier molecular flexibility index (Phi) is 7.74. The van der Waals surface area contributed by atoms with Crippen molar-refractivity contribution in [2.75, 3.05) is 13.1 Å². The van der Waals surface area contributed by atoms with E-state index < -0.39 is 6.47 Å². The van der Waals surface area contributed by atoms with Crippen LogP contribution in [0.2, 0.25) is 0 Å². The van der Waals surface area contributed by atoms with E-state index in [-0.39, 0.29) is 41.6 Å². The molecule has 6 nitrogen and oxygen atoms in total. The summed E-state index contributed by atoms with van der Waals surface area (Å²) in [6, 6.07) is 10.2. The summed E-state index contributed by atoms with van der Waals surface area (Å²) in [7, 11) is 0. The third kappa shape index (κ3) is 4.71. The van der Waals surface area contributed by atoms with E-state index in [2.05, 4.69) is 0 Å². The van der Waals surface area contributed by atoms with Gasteiger partial charge in [0.15, 0.2) is 0 Å². The Bertz CT molecular complexity index is 458. The van der Waals surface area contributed by atoms with E-state index in [1.165, 1.54) is 0 Å². The van der Waals surface area contributed by atoms with Gasteiger partial charge in [-0.15, -0.1) is 0 Å².